The van der Waals surface area contributed by atoms with Gasteiger partial charge in [0.2, 0.25) is 0 Å². The first-order valence-electron chi connectivity index (χ1n) is 9.58. The van der Waals surface area contributed by atoms with Gasteiger partial charge < -0.3 is 10.6 Å². The molecule has 0 radical (unpaired) electrons. The summed E-state index contributed by atoms with van der Waals surface area (Å²) in [6, 6.07) is 1.30. The third-order valence-corrected chi connectivity index (χ3v) is 6.56. The molecule has 1 aromatic heterocycles. The van der Waals surface area contributed by atoms with Crippen molar-refractivity contribution in [2.45, 2.75) is 81.2 Å². The van der Waals surface area contributed by atoms with Crippen molar-refractivity contribution in [3.05, 3.63) is 18.5 Å². The normalized spacial score (nSPS) is 19.7. The zero-order chi connectivity index (χ0) is 18.4. The average molecular weight is 381 g/mol. The third-order valence-electron chi connectivity index (χ3n) is 5.21. The highest BCUT2D eigenvalue weighted by Gasteiger charge is 2.25. The van der Waals surface area contributed by atoms with E-state index < -0.39 is 16.1 Å². The van der Waals surface area contributed by atoms with E-state index >= 15 is 0 Å². The van der Waals surface area contributed by atoms with E-state index in [2.05, 4.69) is 20.3 Å². The van der Waals surface area contributed by atoms with Gasteiger partial charge in [0.15, 0.2) is 0 Å². The van der Waals surface area contributed by atoms with Gasteiger partial charge in [-0.25, -0.2) is 17.9 Å². The van der Waals surface area contributed by atoms with Crippen LogP contribution in [0.4, 0.5) is 10.5 Å². The molecule has 0 bridgehead atoms. The molecule has 2 saturated carbocycles. The van der Waals surface area contributed by atoms with Crippen LogP contribution in [0.25, 0.3) is 0 Å². The number of amides is 2. The van der Waals surface area contributed by atoms with E-state index in [4.69, 9.17) is 0 Å². The molecule has 8 heteroatoms. The largest absolute Gasteiger partial charge is 0.381 e. The predicted molar refractivity (Wildman–Crippen MR) is 100 cm³/mol. The molecular weight excluding hydrogens is 352 g/mol. The first-order valence-corrected chi connectivity index (χ1v) is 11.1. The Hall–Kier alpha value is -1.83. The van der Waals surface area contributed by atoms with Crippen LogP contribution in [0.5, 0.6) is 0 Å². The van der Waals surface area contributed by atoms with Crippen LogP contribution in [0.15, 0.2) is 23.4 Å². The summed E-state index contributed by atoms with van der Waals surface area (Å²) in [6.45, 7) is 0. The number of sulfonamides is 1. The lowest BCUT2D eigenvalue weighted by atomic mass is 9.95. The molecule has 26 heavy (non-hydrogen) atoms. The zero-order valence-electron chi connectivity index (χ0n) is 15.0. The minimum atomic E-state index is -3.98. The van der Waals surface area contributed by atoms with Gasteiger partial charge in [0, 0.05) is 24.5 Å². The Labute approximate surface area is 155 Å². The van der Waals surface area contributed by atoms with E-state index in [-0.39, 0.29) is 17.0 Å². The summed E-state index contributed by atoms with van der Waals surface area (Å²) in [5.74, 6) is 0. The first-order chi connectivity index (χ1) is 12.5. The summed E-state index contributed by atoms with van der Waals surface area (Å²) in [7, 11) is -3.98. The lowest BCUT2D eigenvalue weighted by Gasteiger charge is -2.25. The number of pyridine rings is 1. The molecule has 144 valence electrons. The summed E-state index contributed by atoms with van der Waals surface area (Å²) in [5.41, 5.74) is 0.505. The number of anilines is 1. The maximum absolute atomic E-state index is 12.7. The highest BCUT2D eigenvalue weighted by atomic mass is 32.2. The molecule has 2 aliphatic rings. The summed E-state index contributed by atoms with van der Waals surface area (Å²) >= 11 is 0. The van der Waals surface area contributed by atoms with E-state index in [1.54, 1.807) is 12.3 Å². The van der Waals surface area contributed by atoms with Gasteiger partial charge in [-0.2, -0.15) is 0 Å². The van der Waals surface area contributed by atoms with Crippen molar-refractivity contribution >= 4 is 21.7 Å². The van der Waals surface area contributed by atoms with E-state index in [1.807, 2.05) is 0 Å². The maximum Gasteiger partial charge on any atom is 0.328 e. The van der Waals surface area contributed by atoms with Gasteiger partial charge in [-0.1, -0.05) is 38.5 Å². The molecular formula is C18H28N4O3S. The summed E-state index contributed by atoms with van der Waals surface area (Å²) in [6.07, 6.45) is 13.5. The number of carbonyl (C=O) groups is 1. The maximum atomic E-state index is 12.7. The molecule has 3 N–H and O–H groups in total. The van der Waals surface area contributed by atoms with E-state index in [9.17, 15) is 13.2 Å². The quantitative estimate of drug-likeness (QED) is 0.729. The van der Waals surface area contributed by atoms with Crippen molar-refractivity contribution in [1.29, 1.82) is 0 Å². The minimum Gasteiger partial charge on any atom is -0.381 e. The molecule has 0 aromatic carbocycles. The minimum absolute atomic E-state index is 0.0179. The van der Waals surface area contributed by atoms with E-state index in [0.717, 1.165) is 51.4 Å². The van der Waals surface area contributed by atoms with Gasteiger partial charge in [-0.3, -0.25) is 4.98 Å². The van der Waals surface area contributed by atoms with Crippen molar-refractivity contribution < 1.29 is 13.2 Å². The van der Waals surface area contributed by atoms with Gasteiger partial charge in [-0.15, -0.1) is 0 Å². The van der Waals surface area contributed by atoms with Crippen molar-refractivity contribution in [1.82, 2.24) is 15.0 Å². The number of rotatable bonds is 5. The first kappa shape index (κ1) is 18.9. The Kier molecular flexibility index (Phi) is 6.34. The molecule has 2 fully saturated rings. The Morgan fingerprint density at radius 1 is 0.962 bits per heavy atom. The average Bonchev–Trinajstić information content (AvgIpc) is 2.63. The molecule has 1 aromatic rings. The number of urea groups is 1. The van der Waals surface area contributed by atoms with Gasteiger partial charge in [-0.05, 0) is 31.7 Å². The van der Waals surface area contributed by atoms with Gasteiger partial charge in [0.25, 0.3) is 10.0 Å². The monoisotopic (exact) mass is 380 g/mol. The van der Waals surface area contributed by atoms with Crippen molar-refractivity contribution in [2.75, 3.05) is 5.32 Å². The molecule has 0 saturated heterocycles. The van der Waals surface area contributed by atoms with Crippen molar-refractivity contribution in [2.24, 2.45) is 0 Å². The van der Waals surface area contributed by atoms with Crippen molar-refractivity contribution in [3.63, 3.8) is 0 Å². The molecule has 3 rings (SSSR count). The molecule has 2 aliphatic carbocycles. The van der Waals surface area contributed by atoms with E-state index in [0.29, 0.717) is 5.69 Å². The molecule has 7 nitrogen and oxygen atoms in total. The van der Waals surface area contributed by atoms with Crippen LogP contribution in [0.2, 0.25) is 0 Å². The van der Waals surface area contributed by atoms with Gasteiger partial charge in [0.1, 0.15) is 4.90 Å². The fourth-order valence-corrected chi connectivity index (χ4v) is 4.85. The van der Waals surface area contributed by atoms with Crippen LogP contribution in [0.1, 0.15) is 64.2 Å². The SMILES string of the molecule is O=C(NC1CCCCC1)NS(=O)(=O)c1cnccc1NC1CCCCC1. The lowest BCUT2D eigenvalue weighted by molar-refractivity contribution is 0.237. The van der Waals surface area contributed by atoms with Crippen LogP contribution < -0.4 is 15.4 Å². The smallest absolute Gasteiger partial charge is 0.328 e. The summed E-state index contributed by atoms with van der Waals surface area (Å²) < 4.78 is 27.5. The number of nitrogens with one attached hydrogen (secondary N) is 3. The number of hydrogen-bond acceptors (Lipinski definition) is 5. The number of nitrogens with zero attached hydrogens (tertiary/aromatic N) is 1. The second kappa shape index (κ2) is 8.70. The summed E-state index contributed by atoms with van der Waals surface area (Å²) in [5, 5.41) is 6.09. The molecule has 1 heterocycles. The van der Waals surface area contributed by atoms with Crippen LogP contribution in [0, 0.1) is 0 Å². The molecule has 2 amide bonds. The van der Waals surface area contributed by atoms with Gasteiger partial charge in [0.05, 0.1) is 5.69 Å². The fourth-order valence-electron chi connectivity index (χ4n) is 3.82. The summed E-state index contributed by atoms with van der Waals surface area (Å²) in [4.78, 5) is 16.1. The Bertz CT molecular complexity index is 711. The topological polar surface area (TPSA) is 100 Å². The van der Waals surface area contributed by atoms with Crippen LogP contribution in [-0.4, -0.2) is 31.5 Å². The van der Waals surface area contributed by atoms with Crippen LogP contribution >= 0.6 is 0 Å². The van der Waals surface area contributed by atoms with Crippen molar-refractivity contribution in [3.8, 4) is 0 Å². The molecule has 0 atom stereocenters. The number of hydrogen-bond donors (Lipinski definition) is 3. The highest BCUT2D eigenvalue weighted by molar-refractivity contribution is 7.90. The van der Waals surface area contributed by atoms with Crippen LogP contribution in [0.3, 0.4) is 0 Å². The third kappa shape index (κ3) is 5.09. The Morgan fingerprint density at radius 2 is 1.58 bits per heavy atom. The van der Waals surface area contributed by atoms with Gasteiger partial charge >= 0.3 is 6.03 Å². The molecule has 0 unspecified atom stereocenters. The number of carbonyl (C=O) groups excluding carboxylic acids is 1. The second-order valence-electron chi connectivity index (χ2n) is 7.27. The molecule has 0 aliphatic heterocycles. The second-order valence-corrected chi connectivity index (χ2v) is 8.92. The van der Waals surface area contributed by atoms with E-state index in [1.165, 1.54) is 19.0 Å². The lowest BCUT2D eigenvalue weighted by Crippen LogP contribution is -2.45. The Balaban J connectivity index is 1.67. The molecule has 0 spiro atoms. The predicted octanol–water partition coefficient (Wildman–Crippen LogP) is 3.15. The standard InChI is InChI=1S/C18H28N4O3S/c23-18(21-15-9-5-2-6-10-15)22-26(24,25)17-13-19-12-11-16(17)20-14-7-3-1-4-8-14/h11-15H,1-10H2,(H,19,20)(H2,21,22,23). The number of aromatic nitrogens is 1. The zero-order valence-corrected chi connectivity index (χ0v) is 15.9. The Morgan fingerprint density at radius 3 is 2.23 bits per heavy atom. The fraction of sp³-hybridized carbons (Fsp3) is 0.667. The highest BCUT2D eigenvalue weighted by Crippen LogP contribution is 2.25. The van der Waals surface area contributed by atoms with Crippen LogP contribution in [-0.2, 0) is 10.0 Å².